The van der Waals surface area contributed by atoms with Gasteiger partial charge in [0.05, 0.1) is 0 Å². The Morgan fingerprint density at radius 1 is 1.35 bits per heavy atom. The van der Waals surface area contributed by atoms with Crippen LogP contribution in [0.5, 0.6) is 5.75 Å². The molecule has 0 aliphatic carbocycles. The summed E-state index contributed by atoms with van der Waals surface area (Å²) in [5, 5.41) is 0. The van der Waals surface area contributed by atoms with Crippen molar-refractivity contribution in [2.45, 2.75) is 6.92 Å². The Bertz CT molecular complexity index is 645. The van der Waals surface area contributed by atoms with Gasteiger partial charge in [0.15, 0.2) is 11.5 Å². The molecule has 0 amide bonds. The molecule has 0 unspecified atom stereocenters. The van der Waals surface area contributed by atoms with Crippen molar-refractivity contribution in [3.63, 3.8) is 0 Å². The van der Waals surface area contributed by atoms with Gasteiger partial charge in [-0.2, -0.15) is 12.7 Å². The summed E-state index contributed by atoms with van der Waals surface area (Å²) in [5.74, 6) is 0.729. The molecule has 6 nitrogen and oxygen atoms in total. The molecule has 2 aromatic rings. The van der Waals surface area contributed by atoms with Crippen LogP contribution in [0.3, 0.4) is 0 Å². The van der Waals surface area contributed by atoms with Gasteiger partial charge < -0.3 is 8.60 Å². The quantitative estimate of drug-likeness (QED) is 0.828. The zero-order valence-corrected chi connectivity index (χ0v) is 10.5. The molecule has 17 heavy (non-hydrogen) atoms. The molecule has 0 spiro atoms. The predicted octanol–water partition coefficient (Wildman–Crippen LogP) is 1.32. The summed E-state index contributed by atoms with van der Waals surface area (Å²) in [7, 11) is -0.944. The average Bonchev–Trinajstić information content (AvgIpc) is 2.56. The van der Waals surface area contributed by atoms with Gasteiger partial charge in [-0.25, -0.2) is 4.98 Å². The van der Waals surface area contributed by atoms with Crippen molar-refractivity contribution in [2.75, 3.05) is 14.1 Å². The highest BCUT2D eigenvalue weighted by atomic mass is 32.2. The molecule has 2 rings (SSSR count). The van der Waals surface area contributed by atoms with E-state index in [9.17, 15) is 8.42 Å². The van der Waals surface area contributed by atoms with Crippen molar-refractivity contribution in [3.05, 3.63) is 24.1 Å². The van der Waals surface area contributed by atoms with Crippen LogP contribution in [0.1, 0.15) is 5.89 Å². The fraction of sp³-hybridized carbons (Fsp3) is 0.300. The number of hydrogen-bond donors (Lipinski definition) is 0. The third-order valence-corrected chi connectivity index (χ3v) is 3.41. The van der Waals surface area contributed by atoms with E-state index in [1.165, 1.54) is 26.2 Å². The van der Waals surface area contributed by atoms with Gasteiger partial charge in [0, 0.05) is 27.1 Å². The first-order valence-corrected chi connectivity index (χ1v) is 6.24. The molecule has 7 heteroatoms. The molecule has 0 radical (unpaired) electrons. The maximum absolute atomic E-state index is 11.5. The number of rotatable bonds is 3. The normalized spacial score (nSPS) is 12.2. The third-order valence-electron chi connectivity index (χ3n) is 2.11. The molecule has 1 heterocycles. The average molecular weight is 256 g/mol. The zero-order valence-electron chi connectivity index (χ0n) is 9.67. The fourth-order valence-corrected chi connectivity index (χ4v) is 1.77. The summed E-state index contributed by atoms with van der Waals surface area (Å²) in [6.45, 7) is 1.72. The summed E-state index contributed by atoms with van der Waals surface area (Å²) in [5.41, 5.74) is 1.16. The molecule has 1 aromatic carbocycles. The SMILES string of the molecule is Cc1nc2cc(OS(=O)(=O)N(C)C)ccc2o1. The van der Waals surface area contributed by atoms with Crippen molar-refractivity contribution >= 4 is 21.4 Å². The van der Waals surface area contributed by atoms with Crippen molar-refractivity contribution < 1.29 is 17.0 Å². The fourth-order valence-electron chi connectivity index (χ4n) is 1.27. The van der Waals surface area contributed by atoms with Crippen LogP contribution in [-0.2, 0) is 10.3 Å². The Morgan fingerprint density at radius 2 is 2.06 bits per heavy atom. The number of aryl methyl sites for hydroxylation is 1. The van der Waals surface area contributed by atoms with E-state index in [2.05, 4.69) is 4.98 Å². The standard InChI is InChI=1S/C10H12N2O4S/c1-7-11-9-6-8(4-5-10(9)15-7)16-17(13,14)12(2)3/h4-6H,1-3H3. The summed E-state index contributed by atoms with van der Waals surface area (Å²) >= 11 is 0. The van der Waals surface area contributed by atoms with E-state index in [0.29, 0.717) is 17.0 Å². The van der Waals surface area contributed by atoms with E-state index in [0.717, 1.165) is 4.31 Å². The monoisotopic (exact) mass is 256 g/mol. The lowest BCUT2D eigenvalue weighted by Crippen LogP contribution is -2.26. The van der Waals surface area contributed by atoms with E-state index in [-0.39, 0.29) is 5.75 Å². The molecule has 0 bridgehead atoms. The van der Waals surface area contributed by atoms with Gasteiger partial charge in [-0.15, -0.1) is 0 Å². The maximum Gasteiger partial charge on any atom is 0.384 e. The van der Waals surface area contributed by atoms with Crippen molar-refractivity contribution in [1.29, 1.82) is 0 Å². The largest absolute Gasteiger partial charge is 0.441 e. The molecule has 0 aliphatic rings. The maximum atomic E-state index is 11.5. The summed E-state index contributed by atoms with van der Waals surface area (Å²) in [4.78, 5) is 4.09. The predicted molar refractivity (Wildman–Crippen MR) is 62.0 cm³/mol. The Balaban J connectivity index is 2.37. The van der Waals surface area contributed by atoms with Crippen molar-refractivity contribution in [1.82, 2.24) is 9.29 Å². The molecular weight excluding hydrogens is 244 g/mol. The minimum absolute atomic E-state index is 0.208. The van der Waals surface area contributed by atoms with E-state index in [1.54, 1.807) is 13.0 Å². The topological polar surface area (TPSA) is 72.6 Å². The van der Waals surface area contributed by atoms with Crippen LogP contribution < -0.4 is 4.18 Å². The molecular formula is C10H12N2O4S. The van der Waals surface area contributed by atoms with E-state index >= 15 is 0 Å². The van der Waals surface area contributed by atoms with Crippen LogP contribution >= 0.6 is 0 Å². The first-order chi connectivity index (χ1) is 7.88. The van der Waals surface area contributed by atoms with Gasteiger partial charge in [-0.05, 0) is 12.1 Å². The molecule has 0 fully saturated rings. The van der Waals surface area contributed by atoms with Crippen LogP contribution in [0, 0.1) is 6.92 Å². The van der Waals surface area contributed by atoms with Gasteiger partial charge in [-0.1, -0.05) is 0 Å². The number of nitrogens with zero attached hydrogens (tertiary/aromatic N) is 2. The highest BCUT2D eigenvalue weighted by Crippen LogP contribution is 2.22. The van der Waals surface area contributed by atoms with Crippen LogP contribution in [-0.4, -0.2) is 31.8 Å². The molecule has 0 saturated heterocycles. The van der Waals surface area contributed by atoms with Gasteiger partial charge >= 0.3 is 10.3 Å². The second-order valence-corrected chi connectivity index (χ2v) is 5.44. The van der Waals surface area contributed by atoms with Crippen LogP contribution in [0.25, 0.3) is 11.1 Å². The second-order valence-electron chi connectivity index (χ2n) is 3.69. The summed E-state index contributed by atoms with van der Waals surface area (Å²) < 4.78 is 34.2. The van der Waals surface area contributed by atoms with Crippen LogP contribution in [0.4, 0.5) is 0 Å². The summed E-state index contributed by atoms with van der Waals surface area (Å²) in [6, 6.07) is 4.66. The molecule has 0 atom stereocenters. The smallest absolute Gasteiger partial charge is 0.384 e. The van der Waals surface area contributed by atoms with Crippen LogP contribution in [0.15, 0.2) is 22.6 Å². The van der Waals surface area contributed by atoms with Gasteiger partial charge in [0.25, 0.3) is 0 Å². The van der Waals surface area contributed by atoms with E-state index in [4.69, 9.17) is 8.60 Å². The minimum Gasteiger partial charge on any atom is -0.441 e. The first kappa shape index (κ1) is 11.9. The number of aromatic nitrogens is 1. The molecule has 0 saturated carbocycles. The van der Waals surface area contributed by atoms with Crippen molar-refractivity contribution in [3.8, 4) is 5.75 Å². The molecule has 92 valence electrons. The minimum atomic E-state index is -3.74. The molecule has 0 N–H and O–H groups in total. The van der Waals surface area contributed by atoms with Gasteiger partial charge in [0.2, 0.25) is 0 Å². The second kappa shape index (κ2) is 4.01. The highest BCUT2D eigenvalue weighted by Gasteiger charge is 2.16. The zero-order chi connectivity index (χ0) is 12.6. The Labute approximate surface area is 99.1 Å². The Kier molecular flexibility index (Phi) is 2.80. The molecule has 0 aliphatic heterocycles. The first-order valence-electron chi connectivity index (χ1n) is 4.87. The third kappa shape index (κ3) is 2.40. The summed E-state index contributed by atoms with van der Waals surface area (Å²) in [6.07, 6.45) is 0. The Morgan fingerprint density at radius 3 is 2.71 bits per heavy atom. The number of benzene rings is 1. The van der Waals surface area contributed by atoms with Crippen LogP contribution in [0.2, 0.25) is 0 Å². The van der Waals surface area contributed by atoms with Gasteiger partial charge in [-0.3, -0.25) is 0 Å². The highest BCUT2D eigenvalue weighted by molar-refractivity contribution is 7.84. The van der Waals surface area contributed by atoms with Crippen molar-refractivity contribution in [2.24, 2.45) is 0 Å². The lowest BCUT2D eigenvalue weighted by Gasteiger charge is -2.11. The lowest BCUT2D eigenvalue weighted by atomic mass is 10.3. The number of oxazole rings is 1. The number of hydrogen-bond acceptors (Lipinski definition) is 5. The lowest BCUT2D eigenvalue weighted by molar-refractivity contribution is 0.421. The van der Waals surface area contributed by atoms with Gasteiger partial charge in [0.1, 0.15) is 11.3 Å². The number of fused-ring (bicyclic) bond motifs is 1. The molecule has 1 aromatic heterocycles. The Hall–Kier alpha value is -1.60. The van der Waals surface area contributed by atoms with E-state index < -0.39 is 10.3 Å². The van der Waals surface area contributed by atoms with E-state index in [1.807, 2.05) is 0 Å².